The van der Waals surface area contributed by atoms with Gasteiger partial charge in [-0.2, -0.15) is 0 Å². The SMILES string of the molecule is CC(=O)OC1=CC=CCC=C1. The Bertz CT molecular complexity index is 234. The lowest BCUT2D eigenvalue weighted by Gasteiger charge is -1.98. The summed E-state index contributed by atoms with van der Waals surface area (Å²) in [7, 11) is 0. The molecule has 0 radical (unpaired) electrons. The maximum Gasteiger partial charge on any atom is 0.308 e. The number of ether oxygens (including phenoxy) is 1. The molecule has 0 aromatic rings. The molecule has 0 unspecified atom stereocenters. The second-order valence-corrected chi connectivity index (χ2v) is 2.23. The molecule has 0 N–H and O–H groups in total. The Labute approximate surface area is 65.9 Å². The van der Waals surface area contributed by atoms with Crippen LogP contribution in [0.1, 0.15) is 13.3 Å². The Morgan fingerprint density at radius 2 is 2.36 bits per heavy atom. The van der Waals surface area contributed by atoms with E-state index in [0.717, 1.165) is 6.42 Å². The number of hydrogen-bond donors (Lipinski definition) is 0. The van der Waals surface area contributed by atoms with Crippen LogP contribution in [0.3, 0.4) is 0 Å². The van der Waals surface area contributed by atoms with Crippen molar-refractivity contribution in [3.8, 4) is 0 Å². The quantitative estimate of drug-likeness (QED) is 0.534. The molecular weight excluding hydrogens is 140 g/mol. The highest BCUT2D eigenvalue weighted by Crippen LogP contribution is 2.05. The molecule has 2 heteroatoms. The van der Waals surface area contributed by atoms with Gasteiger partial charge in [-0.1, -0.05) is 18.2 Å². The Balaban J connectivity index is 2.62. The number of carbonyl (C=O) groups excluding carboxylic acids is 1. The summed E-state index contributed by atoms with van der Waals surface area (Å²) in [6.45, 7) is 1.39. The van der Waals surface area contributed by atoms with Gasteiger partial charge < -0.3 is 4.74 Å². The first-order valence-corrected chi connectivity index (χ1v) is 3.51. The Morgan fingerprint density at radius 3 is 3.09 bits per heavy atom. The molecule has 0 amide bonds. The van der Waals surface area contributed by atoms with E-state index in [2.05, 4.69) is 0 Å². The Morgan fingerprint density at radius 1 is 1.55 bits per heavy atom. The van der Waals surface area contributed by atoms with Crippen LogP contribution in [0.15, 0.2) is 36.1 Å². The van der Waals surface area contributed by atoms with Crippen molar-refractivity contribution in [1.82, 2.24) is 0 Å². The average molecular weight is 150 g/mol. The standard InChI is InChI=1S/C9H10O2/c1-8(10)11-9-6-4-2-3-5-7-9/h2,4-7H,3H2,1H3. The van der Waals surface area contributed by atoms with Gasteiger partial charge in [-0.25, -0.2) is 0 Å². The van der Waals surface area contributed by atoms with E-state index in [4.69, 9.17) is 4.74 Å². The van der Waals surface area contributed by atoms with E-state index in [9.17, 15) is 4.79 Å². The largest absolute Gasteiger partial charge is 0.427 e. The van der Waals surface area contributed by atoms with Crippen LogP contribution in [0.5, 0.6) is 0 Å². The van der Waals surface area contributed by atoms with Gasteiger partial charge in [0.2, 0.25) is 0 Å². The molecule has 0 fully saturated rings. The molecule has 0 heterocycles. The van der Waals surface area contributed by atoms with Gasteiger partial charge in [0.25, 0.3) is 0 Å². The minimum Gasteiger partial charge on any atom is -0.427 e. The third-order valence-corrected chi connectivity index (χ3v) is 1.21. The third-order valence-electron chi connectivity index (χ3n) is 1.21. The number of hydrogen-bond acceptors (Lipinski definition) is 2. The molecule has 0 spiro atoms. The molecule has 1 rings (SSSR count). The molecule has 0 aromatic heterocycles. The van der Waals surface area contributed by atoms with Crippen molar-refractivity contribution in [2.24, 2.45) is 0 Å². The predicted octanol–water partition coefficient (Wildman–Crippen LogP) is 1.95. The van der Waals surface area contributed by atoms with Crippen LogP contribution in [-0.4, -0.2) is 5.97 Å². The number of carbonyl (C=O) groups is 1. The van der Waals surface area contributed by atoms with Crippen molar-refractivity contribution in [2.75, 3.05) is 0 Å². The molecule has 0 saturated carbocycles. The fourth-order valence-corrected chi connectivity index (χ4v) is 0.794. The highest BCUT2D eigenvalue weighted by atomic mass is 16.5. The number of rotatable bonds is 1. The van der Waals surface area contributed by atoms with Crippen molar-refractivity contribution >= 4 is 5.97 Å². The molecule has 1 aliphatic rings. The second-order valence-electron chi connectivity index (χ2n) is 2.23. The van der Waals surface area contributed by atoms with Crippen molar-refractivity contribution in [3.63, 3.8) is 0 Å². The highest BCUT2D eigenvalue weighted by molar-refractivity contribution is 5.67. The van der Waals surface area contributed by atoms with E-state index in [-0.39, 0.29) is 5.97 Å². The monoisotopic (exact) mass is 150 g/mol. The summed E-state index contributed by atoms with van der Waals surface area (Å²) in [4.78, 5) is 10.5. The van der Waals surface area contributed by atoms with Crippen molar-refractivity contribution in [3.05, 3.63) is 36.1 Å². The van der Waals surface area contributed by atoms with Gasteiger partial charge in [0.15, 0.2) is 0 Å². The lowest BCUT2D eigenvalue weighted by Crippen LogP contribution is -1.95. The maximum atomic E-state index is 10.5. The van der Waals surface area contributed by atoms with Gasteiger partial charge in [0, 0.05) is 6.92 Å². The summed E-state index contributed by atoms with van der Waals surface area (Å²) in [6, 6.07) is 0. The summed E-state index contributed by atoms with van der Waals surface area (Å²) >= 11 is 0. The van der Waals surface area contributed by atoms with Crippen LogP contribution in [0.4, 0.5) is 0 Å². The van der Waals surface area contributed by atoms with Gasteiger partial charge in [-0.3, -0.25) is 4.79 Å². The molecule has 58 valence electrons. The topological polar surface area (TPSA) is 26.3 Å². The highest BCUT2D eigenvalue weighted by Gasteiger charge is 1.96. The third kappa shape index (κ3) is 2.85. The van der Waals surface area contributed by atoms with E-state index >= 15 is 0 Å². The first kappa shape index (κ1) is 7.79. The summed E-state index contributed by atoms with van der Waals surface area (Å²) in [5.41, 5.74) is 0. The van der Waals surface area contributed by atoms with E-state index in [0.29, 0.717) is 5.76 Å². The van der Waals surface area contributed by atoms with E-state index in [1.54, 1.807) is 12.2 Å². The molecule has 0 aliphatic heterocycles. The first-order valence-electron chi connectivity index (χ1n) is 3.51. The minimum atomic E-state index is -0.281. The minimum absolute atomic E-state index is 0.281. The Kier molecular flexibility index (Phi) is 2.66. The van der Waals surface area contributed by atoms with Crippen LogP contribution >= 0.6 is 0 Å². The van der Waals surface area contributed by atoms with E-state index < -0.39 is 0 Å². The van der Waals surface area contributed by atoms with Crippen LogP contribution in [0.25, 0.3) is 0 Å². The van der Waals surface area contributed by atoms with Crippen LogP contribution in [-0.2, 0) is 9.53 Å². The summed E-state index contributed by atoms with van der Waals surface area (Å²) in [5, 5.41) is 0. The van der Waals surface area contributed by atoms with E-state index in [1.807, 2.05) is 18.2 Å². The lowest BCUT2D eigenvalue weighted by atomic mass is 10.4. The zero-order valence-electron chi connectivity index (χ0n) is 6.41. The molecule has 1 aliphatic carbocycles. The maximum absolute atomic E-state index is 10.5. The average Bonchev–Trinajstić information content (AvgIpc) is 2.14. The van der Waals surface area contributed by atoms with Crippen LogP contribution in [0.2, 0.25) is 0 Å². The van der Waals surface area contributed by atoms with Crippen LogP contribution in [0, 0.1) is 0 Å². The molecule has 0 saturated heterocycles. The molecule has 0 aromatic carbocycles. The summed E-state index contributed by atoms with van der Waals surface area (Å²) in [5.74, 6) is 0.322. The molecule has 0 atom stereocenters. The number of esters is 1. The fourth-order valence-electron chi connectivity index (χ4n) is 0.794. The van der Waals surface area contributed by atoms with Crippen molar-refractivity contribution in [1.29, 1.82) is 0 Å². The van der Waals surface area contributed by atoms with Gasteiger partial charge in [0.05, 0.1) is 0 Å². The van der Waals surface area contributed by atoms with Gasteiger partial charge in [-0.05, 0) is 18.6 Å². The predicted molar refractivity (Wildman–Crippen MR) is 42.7 cm³/mol. The fraction of sp³-hybridized carbons (Fsp3) is 0.222. The van der Waals surface area contributed by atoms with Gasteiger partial charge in [-0.15, -0.1) is 0 Å². The van der Waals surface area contributed by atoms with Crippen molar-refractivity contribution < 1.29 is 9.53 Å². The second kappa shape index (κ2) is 3.76. The Hall–Kier alpha value is -1.31. The van der Waals surface area contributed by atoms with E-state index in [1.165, 1.54) is 6.92 Å². The smallest absolute Gasteiger partial charge is 0.308 e. The lowest BCUT2D eigenvalue weighted by molar-refractivity contribution is -0.136. The zero-order valence-corrected chi connectivity index (χ0v) is 6.41. The first-order chi connectivity index (χ1) is 5.29. The molecular formula is C9H10O2. The normalized spacial score (nSPS) is 15.5. The van der Waals surface area contributed by atoms with Gasteiger partial charge in [0.1, 0.15) is 5.76 Å². The van der Waals surface area contributed by atoms with Crippen molar-refractivity contribution in [2.45, 2.75) is 13.3 Å². The number of allylic oxidation sites excluding steroid dienone is 5. The van der Waals surface area contributed by atoms with Gasteiger partial charge >= 0.3 is 5.97 Å². The molecule has 2 nitrogen and oxygen atoms in total. The summed E-state index contributed by atoms with van der Waals surface area (Å²) < 4.78 is 4.86. The molecule has 0 bridgehead atoms. The van der Waals surface area contributed by atoms with Crippen LogP contribution < -0.4 is 0 Å². The molecule has 11 heavy (non-hydrogen) atoms. The summed E-state index contributed by atoms with van der Waals surface area (Å²) in [6.07, 6.45) is 10.3. The zero-order chi connectivity index (χ0) is 8.10.